The molecule has 1 aliphatic carbocycles. The van der Waals surface area contributed by atoms with Gasteiger partial charge in [0.1, 0.15) is 0 Å². The summed E-state index contributed by atoms with van der Waals surface area (Å²) in [5.74, 6) is 0.359. The Morgan fingerprint density at radius 1 is 1.07 bits per heavy atom. The molecular weight excluding hydrogens is 352 g/mol. The number of benzene rings is 2. The molecule has 3 heteroatoms. The van der Waals surface area contributed by atoms with E-state index >= 15 is 0 Å². The van der Waals surface area contributed by atoms with Gasteiger partial charge < -0.3 is 5.11 Å². The van der Waals surface area contributed by atoms with Crippen molar-refractivity contribution < 1.29 is 9.90 Å². The average Bonchev–Trinajstić information content (AvgIpc) is 2.72. The highest BCUT2D eigenvalue weighted by Gasteiger charge is 2.29. The Hall–Kier alpha value is -1.74. The first-order valence-corrected chi connectivity index (χ1v) is 11.4. The minimum absolute atomic E-state index is 0.344. The summed E-state index contributed by atoms with van der Waals surface area (Å²) in [5, 5.41) is 9.89. The molecule has 0 spiro atoms. The van der Waals surface area contributed by atoms with Crippen LogP contribution in [0, 0.1) is 5.92 Å². The number of rotatable bonds is 7. The van der Waals surface area contributed by atoms with Crippen molar-refractivity contribution in [3.63, 3.8) is 0 Å². The molecule has 2 aromatic carbocycles. The first-order chi connectivity index (χ1) is 13.2. The first-order valence-electron chi connectivity index (χ1n) is 10.1. The number of unbranched alkanes of at least 4 members (excludes halogenated alkanes) is 1. The molecule has 1 N–H and O–H groups in total. The van der Waals surface area contributed by atoms with Gasteiger partial charge in [0.05, 0.1) is 5.56 Å². The number of aromatic carboxylic acids is 1. The summed E-state index contributed by atoms with van der Waals surface area (Å²) in [7, 11) is 0. The van der Waals surface area contributed by atoms with Gasteiger partial charge in [-0.05, 0) is 72.6 Å². The maximum atomic E-state index is 12.0. The normalized spacial score (nSPS) is 19.8. The molecule has 0 saturated heterocycles. The molecule has 0 bridgehead atoms. The van der Waals surface area contributed by atoms with Gasteiger partial charge in [-0.15, -0.1) is 11.8 Å². The molecule has 0 atom stereocenters. The minimum atomic E-state index is -0.803. The third kappa shape index (κ3) is 4.57. The van der Waals surface area contributed by atoms with Crippen LogP contribution in [-0.2, 0) is 0 Å². The number of carbonyl (C=O) groups is 1. The predicted octanol–water partition coefficient (Wildman–Crippen LogP) is 7.24. The topological polar surface area (TPSA) is 37.3 Å². The van der Waals surface area contributed by atoms with Crippen LogP contribution in [-0.4, -0.2) is 17.3 Å². The van der Waals surface area contributed by atoms with Crippen molar-refractivity contribution >= 4 is 17.7 Å². The third-order valence-corrected chi connectivity index (χ3v) is 6.72. The second kappa shape index (κ2) is 9.45. The van der Waals surface area contributed by atoms with Crippen molar-refractivity contribution in [3.05, 3.63) is 53.6 Å². The maximum absolute atomic E-state index is 12.0. The highest BCUT2D eigenvalue weighted by molar-refractivity contribution is 7.98. The van der Waals surface area contributed by atoms with E-state index in [1.54, 1.807) is 11.8 Å². The van der Waals surface area contributed by atoms with Crippen LogP contribution in [0.4, 0.5) is 0 Å². The summed E-state index contributed by atoms with van der Waals surface area (Å²) in [4.78, 5) is 13.2. The fourth-order valence-electron chi connectivity index (χ4n) is 4.52. The van der Waals surface area contributed by atoms with Gasteiger partial charge in [0, 0.05) is 4.90 Å². The molecule has 0 aromatic heterocycles. The molecule has 1 aliphatic rings. The van der Waals surface area contributed by atoms with Gasteiger partial charge >= 0.3 is 5.97 Å². The lowest BCUT2D eigenvalue weighted by Crippen LogP contribution is -2.17. The summed E-state index contributed by atoms with van der Waals surface area (Å²) >= 11 is 1.71. The van der Waals surface area contributed by atoms with Crippen molar-refractivity contribution in [2.24, 2.45) is 5.92 Å². The average molecular weight is 383 g/mol. The second-order valence-corrected chi connectivity index (χ2v) is 8.48. The SMILES string of the molecule is CCCCC1CCC(c2c(C(=O)O)ccc(SC)c2-c2ccccc2)CC1. The van der Waals surface area contributed by atoms with Gasteiger partial charge in [-0.25, -0.2) is 4.79 Å². The van der Waals surface area contributed by atoms with Crippen LogP contribution in [0.3, 0.4) is 0 Å². The third-order valence-electron chi connectivity index (χ3n) is 5.94. The molecule has 2 nitrogen and oxygen atoms in total. The van der Waals surface area contributed by atoms with E-state index in [0.717, 1.165) is 35.4 Å². The van der Waals surface area contributed by atoms with E-state index < -0.39 is 5.97 Å². The molecule has 0 radical (unpaired) electrons. The van der Waals surface area contributed by atoms with Gasteiger partial charge in [0.15, 0.2) is 0 Å². The molecule has 27 heavy (non-hydrogen) atoms. The zero-order chi connectivity index (χ0) is 19.2. The lowest BCUT2D eigenvalue weighted by molar-refractivity contribution is 0.0694. The van der Waals surface area contributed by atoms with Gasteiger partial charge in [0.25, 0.3) is 0 Å². The Morgan fingerprint density at radius 2 is 1.78 bits per heavy atom. The molecule has 1 fully saturated rings. The van der Waals surface area contributed by atoms with E-state index in [-0.39, 0.29) is 0 Å². The smallest absolute Gasteiger partial charge is 0.335 e. The Bertz CT molecular complexity index is 761. The van der Waals surface area contributed by atoms with Crippen LogP contribution < -0.4 is 0 Å². The van der Waals surface area contributed by atoms with E-state index in [1.807, 2.05) is 30.3 Å². The standard InChI is InChI=1S/C24H30O2S/c1-3-4-8-17-11-13-19(14-12-17)22-20(24(25)26)15-16-21(27-2)23(22)18-9-6-5-7-10-18/h5-7,9-10,15-17,19H,3-4,8,11-14H2,1-2H3,(H,25,26). The van der Waals surface area contributed by atoms with Crippen molar-refractivity contribution in [2.45, 2.75) is 62.7 Å². The summed E-state index contributed by atoms with van der Waals surface area (Å²) in [6.45, 7) is 2.25. The monoisotopic (exact) mass is 382 g/mol. The van der Waals surface area contributed by atoms with Gasteiger partial charge in [-0.2, -0.15) is 0 Å². The van der Waals surface area contributed by atoms with Gasteiger partial charge in [-0.3, -0.25) is 0 Å². The van der Waals surface area contributed by atoms with E-state index in [4.69, 9.17) is 0 Å². The number of carboxylic acids is 1. The van der Waals surface area contributed by atoms with Crippen molar-refractivity contribution in [3.8, 4) is 11.1 Å². The minimum Gasteiger partial charge on any atom is -0.478 e. The second-order valence-electron chi connectivity index (χ2n) is 7.64. The molecule has 2 aromatic rings. The fraction of sp³-hybridized carbons (Fsp3) is 0.458. The highest BCUT2D eigenvalue weighted by Crippen LogP contribution is 2.45. The van der Waals surface area contributed by atoms with Gasteiger partial charge in [0.2, 0.25) is 0 Å². The number of thioether (sulfide) groups is 1. The number of carboxylic acid groups (broad SMARTS) is 1. The van der Waals surface area contributed by atoms with E-state index in [9.17, 15) is 9.90 Å². The fourth-order valence-corrected chi connectivity index (χ4v) is 5.15. The van der Waals surface area contributed by atoms with Crippen LogP contribution in [0.15, 0.2) is 47.4 Å². The zero-order valence-corrected chi connectivity index (χ0v) is 17.2. The molecule has 0 unspecified atom stereocenters. The predicted molar refractivity (Wildman–Crippen MR) is 115 cm³/mol. The summed E-state index contributed by atoms with van der Waals surface area (Å²) in [5.41, 5.74) is 3.83. The lowest BCUT2D eigenvalue weighted by atomic mass is 9.74. The summed E-state index contributed by atoms with van der Waals surface area (Å²) in [6, 6.07) is 14.1. The number of hydrogen-bond acceptors (Lipinski definition) is 2. The molecular formula is C24H30O2S. The van der Waals surface area contributed by atoms with Crippen molar-refractivity contribution in [1.82, 2.24) is 0 Å². The molecule has 3 rings (SSSR count). The molecule has 0 heterocycles. The molecule has 0 amide bonds. The van der Waals surface area contributed by atoms with E-state index in [2.05, 4.69) is 25.3 Å². The van der Waals surface area contributed by atoms with Gasteiger partial charge in [-0.1, -0.05) is 56.5 Å². The van der Waals surface area contributed by atoms with E-state index in [0.29, 0.717) is 11.5 Å². The van der Waals surface area contributed by atoms with Crippen LogP contribution in [0.5, 0.6) is 0 Å². The van der Waals surface area contributed by atoms with Crippen molar-refractivity contribution in [1.29, 1.82) is 0 Å². The Balaban J connectivity index is 2.01. The van der Waals surface area contributed by atoms with Crippen LogP contribution in [0.25, 0.3) is 11.1 Å². The summed E-state index contributed by atoms with van der Waals surface area (Å²) < 4.78 is 0. The molecule has 1 saturated carbocycles. The number of hydrogen-bond donors (Lipinski definition) is 1. The Labute approximate surface area is 167 Å². The van der Waals surface area contributed by atoms with E-state index in [1.165, 1.54) is 37.0 Å². The van der Waals surface area contributed by atoms with Crippen LogP contribution >= 0.6 is 11.8 Å². The quantitative estimate of drug-likeness (QED) is 0.513. The summed E-state index contributed by atoms with van der Waals surface area (Å²) in [6.07, 6.45) is 10.6. The largest absolute Gasteiger partial charge is 0.478 e. The molecule has 0 aliphatic heterocycles. The molecule has 144 valence electrons. The Morgan fingerprint density at radius 3 is 2.37 bits per heavy atom. The lowest BCUT2D eigenvalue weighted by Gasteiger charge is -2.31. The maximum Gasteiger partial charge on any atom is 0.335 e. The highest BCUT2D eigenvalue weighted by atomic mass is 32.2. The van der Waals surface area contributed by atoms with Crippen LogP contribution in [0.2, 0.25) is 0 Å². The van der Waals surface area contributed by atoms with Crippen LogP contribution in [0.1, 0.15) is 73.7 Å². The van der Waals surface area contributed by atoms with Crippen molar-refractivity contribution in [2.75, 3.05) is 6.26 Å². The Kier molecular flexibility index (Phi) is 7.01. The zero-order valence-electron chi connectivity index (χ0n) is 16.4. The first kappa shape index (κ1) is 20.0.